The van der Waals surface area contributed by atoms with Crippen molar-refractivity contribution in [2.45, 2.75) is 12.1 Å². The third-order valence-corrected chi connectivity index (χ3v) is 7.41. The largest absolute Gasteiger partial charge is 0.495 e. The maximum Gasteiger partial charge on any atom is 0.268 e. The van der Waals surface area contributed by atoms with Gasteiger partial charge in [-0.05, 0) is 42.5 Å². The monoisotopic (exact) mass is 595 g/mol. The van der Waals surface area contributed by atoms with Crippen LogP contribution in [0.25, 0.3) is 0 Å². The number of hydrazine groups is 1. The molecule has 2 saturated heterocycles. The highest BCUT2D eigenvalue weighted by Gasteiger charge is 2.61. The van der Waals surface area contributed by atoms with Crippen molar-refractivity contribution in [2.24, 2.45) is 5.92 Å². The van der Waals surface area contributed by atoms with Gasteiger partial charge in [-0.3, -0.25) is 19.4 Å². The first-order valence-corrected chi connectivity index (χ1v) is 12.8. The number of nitrogens with one attached hydrogen (secondary N) is 1. The molecule has 3 aromatic carbocycles. The van der Waals surface area contributed by atoms with Crippen LogP contribution in [-0.4, -0.2) is 57.2 Å². The lowest BCUT2D eigenvalue weighted by Gasteiger charge is -2.26. The van der Waals surface area contributed by atoms with Crippen LogP contribution in [0, 0.1) is 5.92 Å². The number of benzene rings is 3. The minimum Gasteiger partial charge on any atom is -0.495 e. The zero-order valence-corrected chi connectivity index (χ0v) is 23.2. The Morgan fingerprint density at radius 2 is 1.54 bits per heavy atom. The van der Waals surface area contributed by atoms with Crippen LogP contribution in [0.2, 0.25) is 0 Å². The molecule has 202 valence electrons. The van der Waals surface area contributed by atoms with Crippen molar-refractivity contribution in [3.8, 4) is 23.0 Å². The second-order valence-corrected chi connectivity index (χ2v) is 9.79. The molecule has 0 aromatic heterocycles. The Morgan fingerprint density at radius 3 is 2.21 bits per heavy atom. The maximum atomic E-state index is 14.1. The Labute approximate surface area is 233 Å². The number of hydrogen-bond acceptors (Lipinski definition) is 8. The van der Waals surface area contributed by atoms with Gasteiger partial charge in [-0.1, -0.05) is 34.1 Å². The van der Waals surface area contributed by atoms with E-state index in [1.165, 1.54) is 33.4 Å². The van der Waals surface area contributed by atoms with Crippen LogP contribution in [0.4, 0.5) is 5.69 Å². The Kier molecular flexibility index (Phi) is 7.19. The molecule has 2 aliphatic rings. The molecule has 0 bridgehead atoms. The van der Waals surface area contributed by atoms with Crippen LogP contribution >= 0.6 is 15.9 Å². The van der Waals surface area contributed by atoms with E-state index in [-0.39, 0.29) is 0 Å². The lowest BCUT2D eigenvalue weighted by atomic mass is 9.90. The molecule has 0 spiro atoms. The number of amides is 3. The molecule has 3 aromatic rings. The summed E-state index contributed by atoms with van der Waals surface area (Å²) >= 11 is 3.39. The smallest absolute Gasteiger partial charge is 0.268 e. The highest BCUT2D eigenvalue weighted by atomic mass is 79.9. The van der Waals surface area contributed by atoms with Crippen LogP contribution in [-0.2, 0) is 9.59 Å². The van der Waals surface area contributed by atoms with Crippen LogP contribution in [0.5, 0.6) is 23.0 Å². The van der Waals surface area contributed by atoms with Gasteiger partial charge in [0, 0.05) is 15.6 Å². The van der Waals surface area contributed by atoms with E-state index in [0.717, 1.165) is 4.90 Å². The van der Waals surface area contributed by atoms with Crippen molar-refractivity contribution in [2.75, 3.05) is 33.3 Å². The molecule has 5 rings (SSSR count). The molecule has 3 atom stereocenters. The number of nitrogens with zero attached hydrogens (tertiary/aromatic N) is 2. The predicted molar refractivity (Wildman–Crippen MR) is 145 cm³/mol. The summed E-state index contributed by atoms with van der Waals surface area (Å²) in [5.74, 6) is -1.02. The van der Waals surface area contributed by atoms with E-state index in [0.29, 0.717) is 44.3 Å². The summed E-state index contributed by atoms with van der Waals surface area (Å²) in [4.78, 5) is 42.9. The summed E-state index contributed by atoms with van der Waals surface area (Å²) < 4.78 is 22.8. The molecule has 2 heterocycles. The first-order chi connectivity index (χ1) is 18.9. The van der Waals surface area contributed by atoms with E-state index in [4.69, 9.17) is 18.9 Å². The molecule has 0 saturated carbocycles. The number of fused-ring (bicyclic) bond motifs is 1. The average Bonchev–Trinajstić information content (AvgIpc) is 3.47. The molecule has 0 radical (unpaired) electrons. The molecule has 10 nitrogen and oxygen atoms in total. The van der Waals surface area contributed by atoms with Crippen molar-refractivity contribution in [3.63, 3.8) is 0 Å². The van der Waals surface area contributed by atoms with E-state index in [2.05, 4.69) is 21.4 Å². The second-order valence-electron chi connectivity index (χ2n) is 8.87. The number of hydrogen-bond donors (Lipinski definition) is 1. The summed E-state index contributed by atoms with van der Waals surface area (Å²) in [6, 6.07) is 15.1. The molecule has 2 aliphatic heterocycles. The summed E-state index contributed by atoms with van der Waals surface area (Å²) in [5.41, 5.74) is 4.31. The number of rotatable bonds is 7. The van der Waals surface area contributed by atoms with Crippen molar-refractivity contribution in [1.82, 2.24) is 10.4 Å². The summed E-state index contributed by atoms with van der Waals surface area (Å²) in [7, 11) is 5.92. The second kappa shape index (κ2) is 10.6. The van der Waals surface area contributed by atoms with Crippen molar-refractivity contribution in [1.29, 1.82) is 0 Å². The number of halogens is 1. The highest BCUT2D eigenvalue weighted by molar-refractivity contribution is 9.10. The maximum absolute atomic E-state index is 14.1. The molecular weight excluding hydrogens is 570 g/mol. The van der Waals surface area contributed by atoms with E-state index >= 15 is 0 Å². The van der Waals surface area contributed by atoms with Crippen LogP contribution in [0.3, 0.4) is 0 Å². The minimum absolute atomic E-state index is 0.303. The Morgan fingerprint density at radius 1 is 0.821 bits per heavy atom. The highest BCUT2D eigenvalue weighted by Crippen LogP contribution is 2.49. The first kappa shape index (κ1) is 26.5. The molecule has 2 fully saturated rings. The first-order valence-electron chi connectivity index (χ1n) is 12.0. The van der Waals surface area contributed by atoms with E-state index in [1.807, 2.05) is 0 Å². The van der Waals surface area contributed by atoms with Crippen molar-refractivity contribution >= 4 is 39.3 Å². The third kappa shape index (κ3) is 4.27. The SMILES string of the molecule is COc1ccccc1N1C(=O)[C@@H]2[C@@H](c3ccc(OC)c(OC)c3OC)NN(C(=O)c3cccc(Br)c3)[C@@H]2C1=O. The fourth-order valence-corrected chi connectivity index (χ4v) is 5.61. The molecule has 0 aliphatic carbocycles. The van der Waals surface area contributed by atoms with Crippen LogP contribution in [0.1, 0.15) is 22.0 Å². The number of carbonyl (C=O) groups excluding carboxylic acids is 3. The Balaban J connectivity index is 1.66. The summed E-state index contributed by atoms with van der Waals surface area (Å²) in [6.45, 7) is 0. The van der Waals surface area contributed by atoms with Crippen molar-refractivity contribution < 1.29 is 33.3 Å². The predicted octanol–water partition coefficient (Wildman–Crippen LogP) is 3.74. The van der Waals surface area contributed by atoms with Gasteiger partial charge in [-0.15, -0.1) is 0 Å². The van der Waals surface area contributed by atoms with Gasteiger partial charge in [-0.2, -0.15) is 0 Å². The number of carbonyl (C=O) groups is 3. The van der Waals surface area contributed by atoms with Gasteiger partial charge in [0.2, 0.25) is 11.7 Å². The van der Waals surface area contributed by atoms with Crippen molar-refractivity contribution in [3.05, 3.63) is 76.3 Å². The lowest BCUT2D eigenvalue weighted by molar-refractivity contribution is -0.123. The molecule has 0 unspecified atom stereocenters. The molecular formula is C28H26BrN3O7. The van der Waals surface area contributed by atoms with Crippen LogP contribution in [0.15, 0.2) is 65.1 Å². The number of ether oxygens (including phenoxy) is 4. The van der Waals surface area contributed by atoms with Gasteiger partial charge >= 0.3 is 0 Å². The standard InChI is InChI=1S/C28H26BrN3O7/c1-36-19-11-6-5-10-18(19)31-27(34)21-22(17-12-13-20(37-2)25(39-4)24(17)38-3)30-32(23(21)28(31)35)26(33)15-8-7-9-16(29)14-15/h5-14,21-23,30H,1-4H3/t21-,22-,23+/m1/s1. The van der Waals surface area contributed by atoms with Gasteiger partial charge in [0.05, 0.1) is 46.1 Å². The van der Waals surface area contributed by atoms with E-state index < -0.39 is 35.7 Å². The van der Waals surface area contributed by atoms with Gasteiger partial charge in [0.25, 0.3) is 11.8 Å². The quantitative estimate of drug-likeness (QED) is 0.412. The molecule has 1 N–H and O–H groups in total. The van der Waals surface area contributed by atoms with Gasteiger partial charge in [0.15, 0.2) is 11.5 Å². The molecule has 3 amide bonds. The zero-order chi connectivity index (χ0) is 27.8. The topological polar surface area (TPSA) is 107 Å². The molecule has 11 heteroatoms. The summed E-state index contributed by atoms with van der Waals surface area (Å²) in [6.07, 6.45) is 0. The van der Waals surface area contributed by atoms with E-state index in [1.54, 1.807) is 60.7 Å². The fraction of sp³-hybridized carbons (Fsp3) is 0.250. The van der Waals surface area contributed by atoms with Gasteiger partial charge in [-0.25, -0.2) is 10.3 Å². The minimum atomic E-state index is -1.13. The number of para-hydroxylation sites is 2. The molecule has 39 heavy (non-hydrogen) atoms. The van der Waals surface area contributed by atoms with Crippen LogP contribution < -0.4 is 29.3 Å². The normalized spacial score (nSPS) is 20.2. The lowest BCUT2D eigenvalue weighted by Crippen LogP contribution is -2.48. The van der Waals surface area contributed by atoms with Gasteiger partial charge in [0.1, 0.15) is 11.8 Å². The van der Waals surface area contributed by atoms with Gasteiger partial charge < -0.3 is 18.9 Å². The third-order valence-electron chi connectivity index (χ3n) is 6.92. The number of anilines is 1. The number of imide groups is 1. The average molecular weight is 596 g/mol. The zero-order valence-electron chi connectivity index (χ0n) is 21.6. The Bertz CT molecular complexity index is 1460. The van der Waals surface area contributed by atoms with E-state index in [9.17, 15) is 14.4 Å². The summed E-state index contributed by atoms with van der Waals surface area (Å²) in [5, 5.41) is 1.24. The number of methoxy groups -OCH3 is 4. The fourth-order valence-electron chi connectivity index (χ4n) is 5.21. The Hall–Kier alpha value is -4.09.